The number of halogens is 1. The lowest BCUT2D eigenvalue weighted by molar-refractivity contribution is 0.800. The summed E-state index contributed by atoms with van der Waals surface area (Å²) in [6, 6.07) is 16.4. The number of hydrogen-bond donors (Lipinski definition) is 2. The lowest BCUT2D eigenvalue weighted by Gasteiger charge is -2.09. The molecule has 2 aromatic carbocycles. The standard InChI is InChI=1S/C14H15BrN2/c1-11-7-8-12(9-14(11)15)10-16-17-13-5-3-2-4-6-13/h2-9,16-17H,10H2,1H3. The summed E-state index contributed by atoms with van der Waals surface area (Å²) in [5.74, 6) is 0. The average Bonchev–Trinajstić information content (AvgIpc) is 2.35. The number of hydrogen-bond acceptors (Lipinski definition) is 2. The van der Waals surface area contributed by atoms with Gasteiger partial charge in [0.1, 0.15) is 0 Å². The van der Waals surface area contributed by atoms with Crippen LogP contribution in [-0.2, 0) is 6.54 Å². The molecular weight excluding hydrogens is 276 g/mol. The zero-order chi connectivity index (χ0) is 12.1. The summed E-state index contributed by atoms with van der Waals surface area (Å²) in [5.41, 5.74) is 9.92. The number of benzene rings is 2. The van der Waals surface area contributed by atoms with E-state index in [1.807, 2.05) is 30.3 Å². The van der Waals surface area contributed by atoms with E-state index in [4.69, 9.17) is 0 Å². The van der Waals surface area contributed by atoms with Gasteiger partial charge in [-0.1, -0.05) is 46.3 Å². The monoisotopic (exact) mass is 290 g/mol. The van der Waals surface area contributed by atoms with E-state index < -0.39 is 0 Å². The van der Waals surface area contributed by atoms with Crippen molar-refractivity contribution in [2.45, 2.75) is 13.5 Å². The molecule has 0 radical (unpaired) electrons. The van der Waals surface area contributed by atoms with Gasteiger partial charge in [-0.2, -0.15) is 0 Å². The molecule has 0 saturated heterocycles. The van der Waals surface area contributed by atoms with Gasteiger partial charge in [-0.15, -0.1) is 0 Å². The predicted octanol–water partition coefficient (Wildman–Crippen LogP) is 3.87. The number of para-hydroxylation sites is 1. The molecule has 17 heavy (non-hydrogen) atoms. The Bertz CT molecular complexity index is 483. The van der Waals surface area contributed by atoms with Crippen molar-refractivity contribution in [3.05, 3.63) is 64.1 Å². The van der Waals surface area contributed by atoms with Crippen LogP contribution in [0.4, 0.5) is 5.69 Å². The second-order valence-electron chi connectivity index (χ2n) is 3.93. The van der Waals surface area contributed by atoms with Gasteiger partial charge in [0.25, 0.3) is 0 Å². The van der Waals surface area contributed by atoms with E-state index in [1.54, 1.807) is 0 Å². The third kappa shape index (κ3) is 3.58. The molecule has 0 aliphatic carbocycles. The zero-order valence-corrected chi connectivity index (χ0v) is 11.3. The van der Waals surface area contributed by atoms with E-state index in [0.717, 1.165) is 16.7 Å². The second kappa shape index (κ2) is 5.84. The van der Waals surface area contributed by atoms with Crippen molar-refractivity contribution in [3.8, 4) is 0 Å². The third-order valence-corrected chi connectivity index (χ3v) is 3.39. The molecule has 0 aromatic heterocycles. The largest absolute Gasteiger partial charge is 0.321 e. The SMILES string of the molecule is Cc1ccc(CNNc2ccccc2)cc1Br. The fourth-order valence-electron chi connectivity index (χ4n) is 1.52. The summed E-state index contributed by atoms with van der Waals surface area (Å²) >= 11 is 3.53. The van der Waals surface area contributed by atoms with Crippen LogP contribution in [-0.4, -0.2) is 0 Å². The summed E-state index contributed by atoms with van der Waals surface area (Å²) in [6.07, 6.45) is 0. The Morgan fingerprint density at radius 3 is 2.53 bits per heavy atom. The lowest BCUT2D eigenvalue weighted by atomic mass is 10.1. The number of aryl methyl sites for hydroxylation is 1. The average molecular weight is 291 g/mol. The highest BCUT2D eigenvalue weighted by molar-refractivity contribution is 9.10. The van der Waals surface area contributed by atoms with Crippen LogP contribution in [0.3, 0.4) is 0 Å². The second-order valence-corrected chi connectivity index (χ2v) is 4.78. The fraction of sp³-hybridized carbons (Fsp3) is 0.143. The first-order valence-electron chi connectivity index (χ1n) is 5.54. The smallest absolute Gasteiger partial charge is 0.0487 e. The number of rotatable bonds is 4. The van der Waals surface area contributed by atoms with Crippen LogP contribution in [0, 0.1) is 6.92 Å². The molecule has 0 aliphatic rings. The summed E-state index contributed by atoms with van der Waals surface area (Å²) in [6.45, 7) is 2.87. The van der Waals surface area contributed by atoms with Gasteiger partial charge in [-0.25, -0.2) is 5.43 Å². The number of hydrazine groups is 1. The summed E-state index contributed by atoms with van der Waals surface area (Å²) in [5, 5.41) is 0. The number of anilines is 1. The molecule has 0 bridgehead atoms. The summed E-state index contributed by atoms with van der Waals surface area (Å²) in [7, 11) is 0. The van der Waals surface area contributed by atoms with Crippen LogP contribution in [0.1, 0.15) is 11.1 Å². The summed E-state index contributed by atoms with van der Waals surface area (Å²) in [4.78, 5) is 0. The first-order valence-corrected chi connectivity index (χ1v) is 6.34. The third-order valence-electron chi connectivity index (χ3n) is 2.54. The van der Waals surface area contributed by atoms with Gasteiger partial charge in [-0.3, -0.25) is 0 Å². The van der Waals surface area contributed by atoms with Crippen LogP contribution >= 0.6 is 15.9 Å². The molecule has 0 unspecified atom stereocenters. The molecular formula is C14H15BrN2. The van der Waals surface area contributed by atoms with E-state index in [0.29, 0.717) is 0 Å². The van der Waals surface area contributed by atoms with Crippen molar-refractivity contribution in [2.75, 3.05) is 5.43 Å². The Kier molecular flexibility index (Phi) is 4.18. The molecule has 0 atom stereocenters. The van der Waals surface area contributed by atoms with Crippen molar-refractivity contribution >= 4 is 21.6 Å². The minimum atomic E-state index is 0.785. The van der Waals surface area contributed by atoms with Gasteiger partial charge in [0.15, 0.2) is 0 Å². The quantitative estimate of drug-likeness (QED) is 0.835. The van der Waals surface area contributed by atoms with Crippen LogP contribution < -0.4 is 10.9 Å². The van der Waals surface area contributed by atoms with Gasteiger partial charge in [-0.05, 0) is 36.2 Å². The highest BCUT2D eigenvalue weighted by Crippen LogP contribution is 2.17. The zero-order valence-electron chi connectivity index (χ0n) is 9.70. The lowest BCUT2D eigenvalue weighted by Crippen LogP contribution is -2.20. The van der Waals surface area contributed by atoms with Gasteiger partial charge >= 0.3 is 0 Å². The molecule has 0 saturated carbocycles. The summed E-state index contributed by atoms with van der Waals surface area (Å²) < 4.78 is 1.15. The van der Waals surface area contributed by atoms with Crippen molar-refractivity contribution in [2.24, 2.45) is 0 Å². The highest BCUT2D eigenvalue weighted by atomic mass is 79.9. The predicted molar refractivity (Wildman–Crippen MR) is 75.8 cm³/mol. The molecule has 0 heterocycles. The first kappa shape index (κ1) is 12.1. The van der Waals surface area contributed by atoms with Crippen LogP contribution in [0.15, 0.2) is 53.0 Å². The maximum Gasteiger partial charge on any atom is 0.0487 e. The Morgan fingerprint density at radius 1 is 1.06 bits per heavy atom. The topological polar surface area (TPSA) is 24.1 Å². The molecule has 0 fully saturated rings. The van der Waals surface area contributed by atoms with E-state index in [9.17, 15) is 0 Å². The van der Waals surface area contributed by atoms with Crippen molar-refractivity contribution in [1.82, 2.24) is 5.43 Å². The van der Waals surface area contributed by atoms with Crippen molar-refractivity contribution < 1.29 is 0 Å². The van der Waals surface area contributed by atoms with Crippen molar-refractivity contribution in [1.29, 1.82) is 0 Å². The van der Waals surface area contributed by atoms with Gasteiger partial charge in [0.2, 0.25) is 0 Å². The van der Waals surface area contributed by atoms with E-state index in [1.165, 1.54) is 11.1 Å². The van der Waals surface area contributed by atoms with E-state index in [2.05, 4.69) is 51.9 Å². The van der Waals surface area contributed by atoms with Crippen molar-refractivity contribution in [3.63, 3.8) is 0 Å². The Balaban J connectivity index is 1.88. The number of nitrogens with one attached hydrogen (secondary N) is 2. The first-order chi connectivity index (χ1) is 8.25. The minimum absolute atomic E-state index is 0.785. The van der Waals surface area contributed by atoms with E-state index in [-0.39, 0.29) is 0 Å². The Hall–Kier alpha value is -1.32. The fourth-order valence-corrected chi connectivity index (χ4v) is 1.94. The highest BCUT2D eigenvalue weighted by Gasteiger charge is 1.97. The van der Waals surface area contributed by atoms with Gasteiger partial charge < -0.3 is 5.43 Å². The molecule has 2 nitrogen and oxygen atoms in total. The van der Waals surface area contributed by atoms with Crippen LogP contribution in [0.5, 0.6) is 0 Å². The van der Waals surface area contributed by atoms with Crippen LogP contribution in [0.2, 0.25) is 0 Å². The van der Waals surface area contributed by atoms with E-state index >= 15 is 0 Å². The molecule has 2 N–H and O–H groups in total. The molecule has 2 rings (SSSR count). The van der Waals surface area contributed by atoms with Crippen LogP contribution in [0.25, 0.3) is 0 Å². The maximum atomic E-state index is 3.53. The normalized spacial score (nSPS) is 10.2. The van der Waals surface area contributed by atoms with Gasteiger partial charge in [0.05, 0.1) is 0 Å². The molecule has 0 amide bonds. The molecule has 3 heteroatoms. The molecule has 2 aromatic rings. The molecule has 88 valence electrons. The maximum absolute atomic E-state index is 3.53. The molecule has 0 spiro atoms. The Labute approximate surface area is 110 Å². The molecule has 0 aliphatic heterocycles. The van der Waals surface area contributed by atoms with Gasteiger partial charge in [0, 0.05) is 16.7 Å². The minimum Gasteiger partial charge on any atom is -0.321 e. The Morgan fingerprint density at radius 2 is 1.82 bits per heavy atom.